The minimum atomic E-state index is 0.477. The highest BCUT2D eigenvalue weighted by Gasteiger charge is 2.22. The number of hydrogen-bond donors (Lipinski definition) is 0. The van der Waals surface area contributed by atoms with E-state index in [1.807, 2.05) is 12.4 Å². The van der Waals surface area contributed by atoms with Crippen LogP contribution in [-0.4, -0.2) is 23.1 Å². The minimum absolute atomic E-state index is 0.477. The largest absolute Gasteiger partial charge is 0.341 e. The second-order valence-corrected chi connectivity index (χ2v) is 5.32. The molecule has 2 rings (SSSR count). The van der Waals surface area contributed by atoms with Crippen LogP contribution in [0.15, 0.2) is 12.4 Å². The lowest BCUT2D eigenvalue weighted by molar-refractivity contribution is 0.339. The smallest absolute Gasteiger partial charge is 0.225 e. The van der Waals surface area contributed by atoms with E-state index in [4.69, 9.17) is 11.6 Å². The highest BCUT2D eigenvalue weighted by molar-refractivity contribution is 6.17. The molecule has 0 aromatic carbocycles. The van der Waals surface area contributed by atoms with E-state index in [-0.39, 0.29) is 0 Å². The van der Waals surface area contributed by atoms with Gasteiger partial charge in [-0.1, -0.05) is 6.92 Å². The van der Waals surface area contributed by atoms with Crippen molar-refractivity contribution in [3.8, 4) is 0 Å². The van der Waals surface area contributed by atoms with Crippen LogP contribution in [0.1, 0.15) is 38.2 Å². The van der Waals surface area contributed by atoms with Crippen LogP contribution < -0.4 is 4.90 Å². The third kappa shape index (κ3) is 3.09. The maximum absolute atomic E-state index is 5.73. The van der Waals surface area contributed by atoms with Crippen molar-refractivity contribution >= 4 is 17.5 Å². The van der Waals surface area contributed by atoms with Gasteiger partial charge >= 0.3 is 0 Å². The molecule has 1 aromatic heterocycles. The molecule has 0 N–H and O–H groups in total. The van der Waals surface area contributed by atoms with Crippen molar-refractivity contribution < 1.29 is 0 Å². The summed E-state index contributed by atoms with van der Waals surface area (Å²) in [6.07, 6.45) is 8.76. The molecule has 1 fully saturated rings. The van der Waals surface area contributed by atoms with Gasteiger partial charge in [0.1, 0.15) is 0 Å². The molecule has 94 valence electrons. The Balaban J connectivity index is 2.00. The highest BCUT2D eigenvalue weighted by Crippen LogP contribution is 2.27. The van der Waals surface area contributed by atoms with Gasteiger partial charge in [0.05, 0.1) is 5.88 Å². The lowest BCUT2D eigenvalue weighted by atomic mass is 9.87. The number of alkyl halides is 1. The summed E-state index contributed by atoms with van der Waals surface area (Å²) in [5.41, 5.74) is 0.973. The van der Waals surface area contributed by atoms with Gasteiger partial charge in [-0.3, -0.25) is 0 Å². The van der Waals surface area contributed by atoms with Crippen LogP contribution in [0, 0.1) is 5.92 Å². The molecule has 1 saturated carbocycles. The van der Waals surface area contributed by atoms with Crippen LogP contribution in [0.5, 0.6) is 0 Å². The van der Waals surface area contributed by atoms with E-state index < -0.39 is 0 Å². The molecule has 1 aliphatic carbocycles. The van der Waals surface area contributed by atoms with E-state index in [2.05, 4.69) is 28.8 Å². The van der Waals surface area contributed by atoms with Crippen molar-refractivity contribution in [3.05, 3.63) is 18.0 Å². The Kier molecular flexibility index (Phi) is 4.21. The van der Waals surface area contributed by atoms with Gasteiger partial charge in [-0.25, -0.2) is 9.97 Å². The molecule has 17 heavy (non-hydrogen) atoms. The number of anilines is 1. The van der Waals surface area contributed by atoms with Crippen LogP contribution in [0.2, 0.25) is 0 Å². The van der Waals surface area contributed by atoms with Crippen molar-refractivity contribution in [2.24, 2.45) is 5.92 Å². The molecule has 1 heterocycles. The summed E-state index contributed by atoms with van der Waals surface area (Å²) in [6, 6.07) is 0.591. The number of rotatable bonds is 3. The van der Waals surface area contributed by atoms with E-state index in [0.29, 0.717) is 11.9 Å². The molecule has 3 nitrogen and oxygen atoms in total. The lowest BCUT2D eigenvalue weighted by Crippen LogP contribution is -2.35. The fourth-order valence-corrected chi connectivity index (χ4v) is 2.53. The zero-order valence-electron chi connectivity index (χ0n) is 10.6. The summed E-state index contributed by atoms with van der Waals surface area (Å²) in [4.78, 5) is 11.0. The zero-order valence-corrected chi connectivity index (χ0v) is 11.3. The maximum atomic E-state index is 5.73. The fraction of sp³-hybridized carbons (Fsp3) is 0.692. The molecule has 0 aliphatic heterocycles. The average Bonchev–Trinajstić information content (AvgIpc) is 2.39. The maximum Gasteiger partial charge on any atom is 0.225 e. The molecule has 0 bridgehead atoms. The predicted octanol–water partition coefficient (Wildman–Crippen LogP) is 3.23. The molecular formula is C13H20ClN3. The predicted molar refractivity (Wildman–Crippen MR) is 71.4 cm³/mol. The zero-order chi connectivity index (χ0) is 12.3. The molecule has 0 amide bonds. The first-order valence-corrected chi connectivity index (χ1v) is 6.84. The topological polar surface area (TPSA) is 29.0 Å². The Morgan fingerprint density at radius 3 is 2.35 bits per heavy atom. The van der Waals surface area contributed by atoms with Crippen molar-refractivity contribution in [2.75, 3.05) is 11.9 Å². The van der Waals surface area contributed by atoms with Gasteiger partial charge in [0.25, 0.3) is 0 Å². The van der Waals surface area contributed by atoms with Crippen molar-refractivity contribution in [2.45, 2.75) is 44.5 Å². The molecule has 0 unspecified atom stereocenters. The molecular weight excluding hydrogens is 234 g/mol. The summed E-state index contributed by atoms with van der Waals surface area (Å²) in [7, 11) is 2.09. The second-order valence-electron chi connectivity index (χ2n) is 5.05. The first kappa shape index (κ1) is 12.6. The molecule has 0 spiro atoms. The number of halogens is 1. The van der Waals surface area contributed by atoms with E-state index in [1.165, 1.54) is 25.7 Å². The number of hydrogen-bond acceptors (Lipinski definition) is 3. The summed E-state index contributed by atoms with van der Waals surface area (Å²) in [5.74, 6) is 2.17. The molecule has 0 saturated heterocycles. The monoisotopic (exact) mass is 253 g/mol. The van der Waals surface area contributed by atoms with Gasteiger partial charge in [-0.2, -0.15) is 0 Å². The fourth-order valence-electron chi connectivity index (χ4n) is 2.39. The van der Waals surface area contributed by atoms with Crippen molar-refractivity contribution in [1.82, 2.24) is 9.97 Å². The van der Waals surface area contributed by atoms with Gasteiger partial charge in [0.15, 0.2) is 0 Å². The Morgan fingerprint density at radius 1 is 1.24 bits per heavy atom. The molecule has 1 aromatic rings. The van der Waals surface area contributed by atoms with Crippen LogP contribution in [0.4, 0.5) is 5.95 Å². The van der Waals surface area contributed by atoms with Crippen LogP contribution in [-0.2, 0) is 5.88 Å². The molecule has 0 atom stereocenters. The minimum Gasteiger partial charge on any atom is -0.341 e. The Labute approximate surface area is 108 Å². The highest BCUT2D eigenvalue weighted by atomic mass is 35.5. The SMILES string of the molecule is CC1CCC(N(C)c2ncc(CCl)cn2)CC1. The standard InChI is InChI=1S/C13H20ClN3/c1-10-3-5-12(6-4-10)17(2)13-15-8-11(7-14)9-16-13/h8-10,12H,3-7H2,1-2H3. The Bertz CT molecular complexity index is 344. The first-order chi connectivity index (χ1) is 8.20. The van der Waals surface area contributed by atoms with Gasteiger partial charge in [0, 0.05) is 31.0 Å². The Hall–Kier alpha value is -0.830. The average molecular weight is 254 g/mol. The normalized spacial score (nSPS) is 24.6. The van der Waals surface area contributed by atoms with E-state index >= 15 is 0 Å². The summed E-state index contributed by atoms with van der Waals surface area (Å²) >= 11 is 5.73. The molecule has 0 radical (unpaired) electrons. The van der Waals surface area contributed by atoms with Crippen LogP contribution >= 0.6 is 11.6 Å². The quantitative estimate of drug-likeness (QED) is 0.775. The summed E-state index contributed by atoms with van der Waals surface area (Å²) < 4.78 is 0. The van der Waals surface area contributed by atoms with Gasteiger partial charge < -0.3 is 4.90 Å². The second kappa shape index (κ2) is 5.67. The van der Waals surface area contributed by atoms with Crippen LogP contribution in [0.3, 0.4) is 0 Å². The third-order valence-electron chi connectivity index (χ3n) is 3.69. The summed E-state index contributed by atoms with van der Waals surface area (Å²) in [6.45, 7) is 2.34. The van der Waals surface area contributed by atoms with E-state index in [0.717, 1.165) is 17.4 Å². The molecule has 1 aliphatic rings. The Morgan fingerprint density at radius 2 is 1.82 bits per heavy atom. The number of aromatic nitrogens is 2. The van der Waals surface area contributed by atoms with E-state index in [9.17, 15) is 0 Å². The first-order valence-electron chi connectivity index (χ1n) is 6.30. The van der Waals surface area contributed by atoms with Crippen molar-refractivity contribution in [3.63, 3.8) is 0 Å². The third-order valence-corrected chi connectivity index (χ3v) is 4.00. The summed E-state index contributed by atoms with van der Waals surface area (Å²) in [5, 5.41) is 0. The van der Waals surface area contributed by atoms with Crippen molar-refractivity contribution in [1.29, 1.82) is 0 Å². The van der Waals surface area contributed by atoms with Crippen LogP contribution in [0.25, 0.3) is 0 Å². The van der Waals surface area contributed by atoms with Gasteiger partial charge in [-0.05, 0) is 31.6 Å². The number of nitrogens with zero attached hydrogens (tertiary/aromatic N) is 3. The molecule has 4 heteroatoms. The van der Waals surface area contributed by atoms with E-state index in [1.54, 1.807) is 0 Å². The van der Waals surface area contributed by atoms with Gasteiger partial charge in [-0.15, -0.1) is 11.6 Å². The lowest BCUT2D eigenvalue weighted by Gasteiger charge is -2.33. The van der Waals surface area contributed by atoms with Gasteiger partial charge in [0.2, 0.25) is 5.95 Å².